The second-order valence-electron chi connectivity index (χ2n) is 2.99. The lowest BCUT2D eigenvalue weighted by molar-refractivity contribution is 0.627. The average molecular weight is 175 g/mol. The second kappa shape index (κ2) is 3.86. The zero-order chi connectivity index (χ0) is 9.84. The number of nitriles is 1. The smallest absolute Gasteiger partial charge is 0.123 e. The molecule has 0 bridgehead atoms. The maximum Gasteiger partial charge on any atom is 0.123 e. The summed E-state index contributed by atoms with van der Waals surface area (Å²) in [5.74, 6) is -0.283. The number of hydrogen-bond donors (Lipinski definition) is 0. The van der Waals surface area contributed by atoms with Crippen LogP contribution in [0.15, 0.2) is 29.8 Å². The number of benzene rings is 1. The maximum absolute atomic E-state index is 12.6. The van der Waals surface area contributed by atoms with Crippen LogP contribution < -0.4 is 0 Å². The molecule has 0 aliphatic carbocycles. The summed E-state index contributed by atoms with van der Waals surface area (Å²) in [6.07, 6.45) is 0. The van der Waals surface area contributed by atoms with Crippen LogP contribution in [-0.2, 0) is 0 Å². The third-order valence-corrected chi connectivity index (χ3v) is 1.74. The van der Waals surface area contributed by atoms with Crippen molar-refractivity contribution in [3.63, 3.8) is 0 Å². The number of rotatable bonds is 1. The van der Waals surface area contributed by atoms with Crippen molar-refractivity contribution in [2.45, 2.75) is 13.8 Å². The predicted octanol–water partition coefficient (Wildman–Crippen LogP) is 3.14. The fourth-order valence-electron chi connectivity index (χ4n) is 1.08. The lowest BCUT2D eigenvalue weighted by Crippen LogP contribution is -1.84. The van der Waals surface area contributed by atoms with E-state index in [1.54, 1.807) is 12.1 Å². The molecule has 0 atom stereocenters. The van der Waals surface area contributed by atoms with Crippen molar-refractivity contribution >= 4 is 5.57 Å². The summed E-state index contributed by atoms with van der Waals surface area (Å²) in [7, 11) is 0. The van der Waals surface area contributed by atoms with E-state index in [9.17, 15) is 4.39 Å². The third-order valence-electron chi connectivity index (χ3n) is 1.74. The Bertz CT molecular complexity index is 364. The van der Waals surface area contributed by atoms with Gasteiger partial charge in [-0.3, -0.25) is 0 Å². The minimum absolute atomic E-state index is 0.283. The highest BCUT2D eigenvalue weighted by Gasteiger charge is 2.01. The predicted molar refractivity (Wildman–Crippen MR) is 50.3 cm³/mol. The molecule has 0 N–H and O–H groups in total. The van der Waals surface area contributed by atoms with E-state index in [-0.39, 0.29) is 5.82 Å². The van der Waals surface area contributed by atoms with Crippen LogP contribution in [0.2, 0.25) is 0 Å². The Balaban J connectivity index is 3.17. The molecule has 0 aliphatic rings. The van der Waals surface area contributed by atoms with Crippen molar-refractivity contribution in [1.82, 2.24) is 0 Å². The molecule has 0 heterocycles. The van der Waals surface area contributed by atoms with Gasteiger partial charge in [-0.05, 0) is 31.5 Å². The first-order valence-corrected chi connectivity index (χ1v) is 3.98. The minimum Gasteiger partial charge on any atom is -0.207 e. The van der Waals surface area contributed by atoms with E-state index in [0.29, 0.717) is 5.57 Å². The molecule has 0 fully saturated rings. The van der Waals surface area contributed by atoms with Gasteiger partial charge >= 0.3 is 0 Å². The molecule has 66 valence electrons. The summed E-state index contributed by atoms with van der Waals surface area (Å²) in [5.41, 5.74) is 2.32. The lowest BCUT2D eigenvalue weighted by atomic mass is 10.0. The van der Waals surface area contributed by atoms with Gasteiger partial charge in [0, 0.05) is 0 Å². The molecule has 1 rings (SSSR count). The largest absolute Gasteiger partial charge is 0.207 e. The van der Waals surface area contributed by atoms with Crippen molar-refractivity contribution < 1.29 is 4.39 Å². The van der Waals surface area contributed by atoms with Gasteiger partial charge < -0.3 is 0 Å². The molecule has 0 radical (unpaired) electrons. The number of nitrogens with zero attached hydrogens (tertiary/aromatic N) is 1. The van der Waals surface area contributed by atoms with Crippen LogP contribution in [0.4, 0.5) is 4.39 Å². The summed E-state index contributed by atoms with van der Waals surface area (Å²) >= 11 is 0. The monoisotopic (exact) mass is 175 g/mol. The van der Waals surface area contributed by atoms with Crippen LogP contribution in [-0.4, -0.2) is 0 Å². The average Bonchev–Trinajstić information content (AvgIpc) is 2.09. The SMILES string of the molecule is CC(C)=C(C#N)c1ccc(F)cc1. The normalized spacial score (nSPS) is 9.08. The summed E-state index contributed by atoms with van der Waals surface area (Å²) in [6, 6.07) is 8.03. The molecule has 1 aromatic carbocycles. The second-order valence-corrected chi connectivity index (χ2v) is 2.99. The summed E-state index contributed by atoms with van der Waals surface area (Å²) in [5, 5.41) is 8.82. The van der Waals surface area contributed by atoms with E-state index in [2.05, 4.69) is 6.07 Å². The molecule has 0 unspecified atom stereocenters. The molecule has 0 saturated heterocycles. The maximum atomic E-state index is 12.6. The molecule has 1 aromatic rings. The first kappa shape index (κ1) is 9.47. The molecule has 0 saturated carbocycles. The van der Waals surface area contributed by atoms with E-state index in [0.717, 1.165) is 11.1 Å². The summed E-state index contributed by atoms with van der Waals surface area (Å²) < 4.78 is 12.6. The number of hydrogen-bond acceptors (Lipinski definition) is 1. The van der Waals surface area contributed by atoms with Crippen LogP contribution in [0.25, 0.3) is 5.57 Å². The van der Waals surface area contributed by atoms with Crippen molar-refractivity contribution in [2.75, 3.05) is 0 Å². The molecular weight excluding hydrogens is 165 g/mol. The van der Waals surface area contributed by atoms with Crippen LogP contribution in [0.5, 0.6) is 0 Å². The highest BCUT2D eigenvalue weighted by Crippen LogP contribution is 2.17. The molecule has 0 spiro atoms. The Kier molecular flexibility index (Phi) is 2.81. The van der Waals surface area contributed by atoms with Gasteiger partial charge in [0.2, 0.25) is 0 Å². The molecule has 13 heavy (non-hydrogen) atoms. The standard InChI is InChI=1S/C11H10FN/c1-8(2)11(7-13)9-3-5-10(12)6-4-9/h3-6H,1-2H3. The molecular formula is C11H10FN. The zero-order valence-corrected chi connectivity index (χ0v) is 7.63. The van der Waals surface area contributed by atoms with Gasteiger partial charge in [0.15, 0.2) is 0 Å². The van der Waals surface area contributed by atoms with Crippen LogP contribution in [0.1, 0.15) is 19.4 Å². The van der Waals surface area contributed by atoms with Crippen LogP contribution in [0, 0.1) is 17.1 Å². The number of halogens is 1. The molecule has 0 aromatic heterocycles. The Morgan fingerprint density at radius 1 is 1.23 bits per heavy atom. The molecule has 2 heteroatoms. The van der Waals surface area contributed by atoms with Crippen molar-refractivity contribution in [3.05, 3.63) is 41.2 Å². The van der Waals surface area contributed by atoms with Gasteiger partial charge in [0.1, 0.15) is 5.82 Å². The van der Waals surface area contributed by atoms with Gasteiger partial charge in [0.25, 0.3) is 0 Å². The van der Waals surface area contributed by atoms with Crippen molar-refractivity contribution in [1.29, 1.82) is 5.26 Å². The quantitative estimate of drug-likeness (QED) is 0.601. The fourth-order valence-corrected chi connectivity index (χ4v) is 1.08. The fraction of sp³-hybridized carbons (Fsp3) is 0.182. The van der Waals surface area contributed by atoms with Crippen LogP contribution in [0.3, 0.4) is 0 Å². The first-order chi connectivity index (χ1) is 6.15. The lowest BCUT2D eigenvalue weighted by Gasteiger charge is -2.00. The highest BCUT2D eigenvalue weighted by atomic mass is 19.1. The number of allylic oxidation sites excluding steroid dienone is 2. The Hall–Kier alpha value is -1.62. The van der Waals surface area contributed by atoms with E-state index < -0.39 is 0 Å². The topological polar surface area (TPSA) is 23.8 Å². The van der Waals surface area contributed by atoms with Crippen molar-refractivity contribution in [3.8, 4) is 6.07 Å². The van der Waals surface area contributed by atoms with E-state index in [1.807, 2.05) is 13.8 Å². The third kappa shape index (κ3) is 2.16. The first-order valence-electron chi connectivity index (χ1n) is 3.98. The van der Waals surface area contributed by atoms with Gasteiger partial charge in [-0.25, -0.2) is 4.39 Å². The van der Waals surface area contributed by atoms with Crippen molar-refractivity contribution in [2.24, 2.45) is 0 Å². The zero-order valence-electron chi connectivity index (χ0n) is 7.63. The van der Waals surface area contributed by atoms with E-state index >= 15 is 0 Å². The minimum atomic E-state index is -0.283. The Labute approximate surface area is 77.1 Å². The Morgan fingerprint density at radius 3 is 2.15 bits per heavy atom. The van der Waals surface area contributed by atoms with Gasteiger partial charge in [0.05, 0.1) is 11.6 Å². The van der Waals surface area contributed by atoms with Gasteiger partial charge in [-0.15, -0.1) is 0 Å². The highest BCUT2D eigenvalue weighted by molar-refractivity contribution is 5.78. The molecule has 0 aliphatic heterocycles. The van der Waals surface area contributed by atoms with E-state index in [4.69, 9.17) is 5.26 Å². The van der Waals surface area contributed by atoms with E-state index in [1.165, 1.54) is 12.1 Å². The summed E-state index contributed by atoms with van der Waals surface area (Å²) in [4.78, 5) is 0. The summed E-state index contributed by atoms with van der Waals surface area (Å²) in [6.45, 7) is 3.73. The Morgan fingerprint density at radius 2 is 1.77 bits per heavy atom. The molecule has 1 nitrogen and oxygen atoms in total. The van der Waals surface area contributed by atoms with Gasteiger partial charge in [-0.1, -0.05) is 17.7 Å². The van der Waals surface area contributed by atoms with Gasteiger partial charge in [-0.2, -0.15) is 5.26 Å². The molecule has 0 amide bonds. The van der Waals surface area contributed by atoms with Crippen LogP contribution >= 0.6 is 0 Å².